The van der Waals surface area contributed by atoms with Crippen molar-refractivity contribution in [3.05, 3.63) is 71.8 Å². The molecule has 0 amide bonds. The third-order valence-corrected chi connectivity index (χ3v) is 2.83. The standard InChI is InChI=1S/C15H12ClNO/c16-14(11-6-8-13(18)9-7-11)10-15(17)12-4-2-1-3-5-12/h1-10,17-18H/b14-10+,17-15?. The largest absolute Gasteiger partial charge is 0.508 e. The lowest BCUT2D eigenvalue weighted by molar-refractivity contribution is 0.475. The minimum absolute atomic E-state index is 0.196. The van der Waals surface area contributed by atoms with Gasteiger partial charge in [-0.15, -0.1) is 0 Å². The van der Waals surface area contributed by atoms with E-state index >= 15 is 0 Å². The summed E-state index contributed by atoms with van der Waals surface area (Å²) in [4.78, 5) is 0. The van der Waals surface area contributed by atoms with Gasteiger partial charge in [0.1, 0.15) is 5.75 Å². The van der Waals surface area contributed by atoms with Crippen LogP contribution in [0.4, 0.5) is 0 Å². The van der Waals surface area contributed by atoms with Gasteiger partial charge in [0, 0.05) is 5.03 Å². The number of hydrogen-bond donors (Lipinski definition) is 2. The molecule has 0 saturated heterocycles. The number of allylic oxidation sites excluding steroid dienone is 1. The van der Waals surface area contributed by atoms with Gasteiger partial charge >= 0.3 is 0 Å². The normalized spacial score (nSPS) is 11.3. The molecule has 0 heterocycles. The number of rotatable bonds is 3. The maximum atomic E-state index is 9.19. The van der Waals surface area contributed by atoms with Crippen molar-refractivity contribution in [2.45, 2.75) is 0 Å². The number of phenolic OH excluding ortho intramolecular Hbond substituents is 1. The minimum atomic E-state index is 0.196. The van der Waals surface area contributed by atoms with Crippen LogP contribution in [-0.4, -0.2) is 10.8 Å². The smallest absolute Gasteiger partial charge is 0.115 e. The highest BCUT2D eigenvalue weighted by Gasteiger charge is 2.02. The van der Waals surface area contributed by atoms with Gasteiger partial charge in [0.15, 0.2) is 0 Å². The molecule has 0 fully saturated rings. The molecular weight excluding hydrogens is 246 g/mol. The van der Waals surface area contributed by atoms with Crippen LogP contribution in [-0.2, 0) is 0 Å². The first kappa shape index (κ1) is 12.4. The number of aromatic hydroxyl groups is 1. The van der Waals surface area contributed by atoms with Gasteiger partial charge in [-0.05, 0) is 41.5 Å². The molecule has 0 unspecified atom stereocenters. The quantitative estimate of drug-likeness (QED) is 0.801. The van der Waals surface area contributed by atoms with Gasteiger partial charge in [-0.25, -0.2) is 0 Å². The fraction of sp³-hybridized carbons (Fsp3) is 0. The monoisotopic (exact) mass is 257 g/mol. The molecule has 2 aromatic rings. The molecule has 0 spiro atoms. The van der Waals surface area contributed by atoms with Gasteiger partial charge < -0.3 is 10.5 Å². The molecule has 0 aliphatic carbocycles. The van der Waals surface area contributed by atoms with Crippen LogP contribution in [0.15, 0.2) is 60.7 Å². The first-order valence-corrected chi connectivity index (χ1v) is 5.85. The van der Waals surface area contributed by atoms with Crippen LogP contribution in [0, 0.1) is 5.41 Å². The van der Waals surface area contributed by atoms with E-state index in [0.29, 0.717) is 10.7 Å². The van der Waals surface area contributed by atoms with E-state index in [1.807, 2.05) is 30.3 Å². The van der Waals surface area contributed by atoms with Gasteiger partial charge in [-0.3, -0.25) is 0 Å². The van der Waals surface area contributed by atoms with Crippen LogP contribution < -0.4 is 0 Å². The molecule has 0 aromatic heterocycles. The maximum Gasteiger partial charge on any atom is 0.115 e. The summed E-state index contributed by atoms with van der Waals surface area (Å²) in [5.41, 5.74) is 1.94. The highest BCUT2D eigenvalue weighted by atomic mass is 35.5. The number of nitrogens with one attached hydrogen (secondary N) is 1. The van der Waals surface area contributed by atoms with E-state index in [9.17, 15) is 5.11 Å². The highest BCUT2D eigenvalue weighted by Crippen LogP contribution is 2.21. The van der Waals surface area contributed by atoms with Crippen LogP contribution in [0.25, 0.3) is 5.03 Å². The summed E-state index contributed by atoms with van der Waals surface area (Å²) < 4.78 is 0. The summed E-state index contributed by atoms with van der Waals surface area (Å²) in [6, 6.07) is 16.0. The molecule has 2 rings (SSSR count). The van der Waals surface area contributed by atoms with E-state index < -0.39 is 0 Å². The maximum absolute atomic E-state index is 9.19. The van der Waals surface area contributed by atoms with Crippen molar-refractivity contribution in [3.8, 4) is 5.75 Å². The second kappa shape index (κ2) is 5.52. The van der Waals surface area contributed by atoms with E-state index in [0.717, 1.165) is 11.1 Å². The van der Waals surface area contributed by atoms with E-state index in [1.165, 1.54) is 0 Å². The SMILES string of the molecule is N=C(/C=C(/Cl)c1ccc(O)cc1)c1ccccc1. The molecule has 2 aromatic carbocycles. The second-order valence-corrected chi connectivity index (χ2v) is 4.23. The first-order chi connectivity index (χ1) is 8.66. The second-order valence-electron chi connectivity index (χ2n) is 3.82. The Balaban J connectivity index is 2.23. The Morgan fingerprint density at radius 3 is 2.17 bits per heavy atom. The predicted octanol–water partition coefficient (Wildman–Crippen LogP) is 4.04. The fourth-order valence-corrected chi connectivity index (χ4v) is 1.77. The molecule has 2 nitrogen and oxygen atoms in total. The third kappa shape index (κ3) is 2.99. The Labute approximate surface area is 111 Å². The Bertz CT molecular complexity index is 573. The zero-order chi connectivity index (χ0) is 13.0. The highest BCUT2D eigenvalue weighted by molar-refractivity contribution is 6.50. The minimum Gasteiger partial charge on any atom is -0.508 e. The Hall–Kier alpha value is -2.06. The zero-order valence-corrected chi connectivity index (χ0v) is 10.4. The van der Waals surface area contributed by atoms with Crippen molar-refractivity contribution in [2.24, 2.45) is 0 Å². The van der Waals surface area contributed by atoms with Crippen molar-refractivity contribution in [1.82, 2.24) is 0 Å². The molecule has 0 aliphatic heterocycles. The summed E-state index contributed by atoms with van der Waals surface area (Å²) in [5.74, 6) is 0.196. The van der Waals surface area contributed by atoms with E-state index in [4.69, 9.17) is 17.0 Å². The van der Waals surface area contributed by atoms with E-state index in [1.54, 1.807) is 30.3 Å². The topological polar surface area (TPSA) is 44.1 Å². The summed E-state index contributed by atoms with van der Waals surface area (Å²) >= 11 is 6.14. The first-order valence-electron chi connectivity index (χ1n) is 5.47. The molecule has 0 saturated carbocycles. The van der Waals surface area contributed by atoms with Crippen LogP contribution in [0.5, 0.6) is 5.75 Å². The lowest BCUT2D eigenvalue weighted by Crippen LogP contribution is -1.94. The Morgan fingerprint density at radius 1 is 0.944 bits per heavy atom. The van der Waals surface area contributed by atoms with E-state index in [2.05, 4.69) is 0 Å². The van der Waals surface area contributed by atoms with Crippen molar-refractivity contribution in [1.29, 1.82) is 5.41 Å². The van der Waals surface area contributed by atoms with Crippen molar-refractivity contribution >= 4 is 22.3 Å². The summed E-state index contributed by atoms with van der Waals surface area (Å²) in [6.07, 6.45) is 1.60. The molecule has 0 aliphatic rings. The molecule has 90 valence electrons. The van der Waals surface area contributed by atoms with Crippen LogP contribution in [0.1, 0.15) is 11.1 Å². The fourth-order valence-electron chi connectivity index (χ4n) is 1.53. The van der Waals surface area contributed by atoms with Gasteiger partial charge in [0.05, 0.1) is 5.71 Å². The average Bonchev–Trinajstić information content (AvgIpc) is 2.40. The molecule has 0 bridgehead atoms. The third-order valence-electron chi connectivity index (χ3n) is 2.50. The van der Waals surface area contributed by atoms with Crippen molar-refractivity contribution < 1.29 is 5.11 Å². The number of benzene rings is 2. The van der Waals surface area contributed by atoms with Gasteiger partial charge in [0.2, 0.25) is 0 Å². The molecular formula is C15H12ClNO. The number of hydrogen-bond acceptors (Lipinski definition) is 2. The Morgan fingerprint density at radius 2 is 1.56 bits per heavy atom. The Kier molecular flexibility index (Phi) is 3.80. The molecule has 0 atom stereocenters. The summed E-state index contributed by atoms with van der Waals surface area (Å²) in [6.45, 7) is 0. The lowest BCUT2D eigenvalue weighted by Gasteiger charge is -2.02. The number of phenols is 1. The van der Waals surface area contributed by atoms with Crippen molar-refractivity contribution in [2.75, 3.05) is 0 Å². The zero-order valence-electron chi connectivity index (χ0n) is 9.60. The van der Waals surface area contributed by atoms with Crippen LogP contribution in [0.3, 0.4) is 0 Å². The molecule has 3 heteroatoms. The van der Waals surface area contributed by atoms with E-state index in [-0.39, 0.29) is 5.75 Å². The molecule has 18 heavy (non-hydrogen) atoms. The van der Waals surface area contributed by atoms with Crippen LogP contribution in [0.2, 0.25) is 0 Å². The van der Waals surface area contributed by atoms with Crippen LogP contribution >= 0.6 is 11.6 Å². The lowest BCUT2D eigenvalue weighted by atomic mass is 10.1. The molecule has 2 N–H and O–H groups in total. The summed E-state index contributed by atoms with van der Waals surface area (Å²) in [5, 5.41) is 17.6. The van der Waals surface area contributed by atoms with Gasteiger partial charge in [0.25, 0.3) is 0 Å². The molecule has 0 radical (unpaired) electrons. The van der Waals surface area contributed by atoms with Crippen molar-refractivity contribution in [3.63, 3.8) is 0 Å². The summed E-state index contributed by atoms with van der Waals surface area (Å²) in [7, 11) is 0. The van der Waals surface area contributed by atoms with Gasteiger partial charge in [-0.2, -0.15) is 0 Å². The van der Waals surface area contributed by atoms with Gasteiger partial charge in [-0.1, -0.05) is 41.9 Å². The number of halogens is 1. The average molecular weight is 258 g/mol. The predicted molar refractivity (Wildman–Crippen MR) is 75.2 cm³/mol.